The first-order valence-electron chi connectivity index (χ1n) is 7.21. The first-order chi connectivity index (χ1) is 10.7. The Morgan fingerprint density at radius 2 is 1.86 bits per heavy atom. The maximum Gasteiger partial charge on any atom is 0.323 e. The number of anilines is 1. The fraction of sp³-hybridized carbons (Fsp3) is 0.167. The van der Waals surface area contributed by atoms with Gasteiger partial charge in [0.15, 0.2) is 0 Å². The number of carbonyl (C=O) groups excluding carboxylic acids is 1. The second-order valence-electron chi connectivity index (χ2n) is 4.75. The lowest BCUT2D eigenvalue weighted by Crippen LogP contribution is -2.23. The average molecular weight is 296 g/mol. The standard InChI is InChI=1S/C18H20N2O2/c1-3-22-17-10-8-16(9-11-17)20-18(21)19-13-12-15-7-5-4-6-14(15)2/h4-13H,3H2,1-2H3,(H2,19,20,21)/b13-12+. The van der Waals surface area contributed by atoms with Crippen LogP contribution in [0.1, 0.15) is 18.1 Å². The van der Waals surface area contributed by atoms with E-state index in [9.17, 15) is 4.79 Å². The fourth-order valence-electron chi connectivity index (χ4n) is 1.95. The molecule has 2 N–H and O–H groups in total. The average Bonchev–Trinajstić information content (AvgIpc) is 2.51. The van der Waals surface area contributed by atoms with Gasteiger partial charge in [-0.05, 0) is 55.3 Å². The van der Waals surface area contributed by atoms with Crippen molar-refractivity contribution in [2.75, 3.05) is 11.9 Å². The number of rotatable bonds is 5. The Bertz CT molecular complexity index is 648. The van der Waals surface area contributed by atoms with Gasteiger partial charge in [0, 0.05) is 11.9 Å². The van der Waals surface area contributed by atoms with Crippen LogP contribution in [0.4, 0.5) is 10.5 Å². The number of hydrogen-bond donors (Lipinski definition) is 2. The van der Waals surface area contributed by atoms with E-state index in [0.717, 1.165) is 16.9 Å². The van der Waals surface area contributed by atoms with Gasteiger partial charge in [-0.3, -0.25) is 0 Å². The van der Waals surface area contributed by atoms with Gasteiger partial charge in [0.25, 0.3) is 0 Å². The zero-order valence-electron chi connectivity index (χ0n) is 12.8. The fourth-order valence-corrected chi connectivity index (χ4v) is 1.95. The molecule has 0 aliphatic heterocycles. The van der Waals surface area contributed by atoms with Crippen molar-refractivity contribution in [3.8, 4) is 5.75 Å². The highest BCUT2D eigenvalue weighted by Gasteiger charge is 2.00. The molecule has 0 saturated carbocycles. The van der Waals surface area contributed by atoms with Crippen molar-refractivity contribution < 1.29 is 9.53 Å². The van der Waals surface area contributed by atoms with Crippen LogP contribution in [0.3, 0.4) is 0 Å². The summed E-state index contributed by atoms with van der Waals surface area (Å²) in [6.07, 6.45) is 3.50. The van der Waals surface area contributed by atoms with E-state index in [1.165, 1.54) is 0 Å². The Hall–Kier alpha value is -2.75. The Kier molecular flexibility index (Phi) is 5.60. The van der Waals surface area contributed by atoms with Gasteiger partial charge >= 0.3 is 6.03 Å². The van der Waals surface area contributed by atoms with E-state index >= 15 is 0 Å². The lowest BCUT2D eigenvalue weighted by atomic mass is 10.1. The van der Waals surface area contributed by atoms with Crippen molar-refractivity contribution >= 4 is 17.8 Å². The number of nitrogens with one attached hydrogen (secondary N) is 2. The van der Waals surface area contributed by atoms with E-state index in [4.69, 9.17) is 4.74 Å². The van der Waals surface area contributed by atoms with Gasteiger partial charge in [0.1, 0.15) is 5.75 Å². The van der Waals surface area contributed by atoms with Crippen LogP contribution in [0, 0.1) is 6.92 Å². The van der Waals surface area contributed by atoms with Gasteiger partial charge in [-0.2, -0.15) is 0 Å². The zero-order chi connectivity index (χ0) is 15.8. The van der Waals surface area contributed by atoms with Gasteiger partial charge in [0.2, 0.25) is 0 Å². The highest BCUT2D eigenvalue weighted by Crippen LogP contribution is 2.15. The molecule has 2 aromatic rings. The summed E-state index contributed by atoms with van der Waals surface area (Å²) in [4.78, 5) is 11.8. The Morgan fingerprint density at radius 1 is 1.14 bits per heavy atom. The van der Waals surface area contributed by atoms with Crippen LogP contribution in [-0.4, -0.2) is 12.6 Å². The van der Waals surface area contributed by atoms with E-state index in [0.29, 0.717) is 12.3 Å². The summed E-state index contributed by atoms with van der Waals surface area (Å²) in [5.41, 5.74) is 2.95. The summed E-state index contributed by atoms with van der Waals surface area (Å²) in [7, 11) is 0. The van der Waals surface area contributed by atoms with Crippen LogP contribution in [-0.2, 0) is 0 Å². The van der Waals surface area contributed by atoms with Crippen LogP contribution in [0.5, 0.6) is 5.75 Å². The minimum Gasteiger partial charge on any atom is -0.494 e. The van der Waals surface area contributed by atoms with E-state index in [1.807, 2.05) is 56.3 Å². The third-order valence-electron chi connectivity index (χ3n) is 3.09. The van der Waals surface area contributed by atoms with E-state index in [1.54, 1.807) is 18.3 Å². The van der Waals surface area contributed by atoms with Gasteiger partial charge in [-0.15, -0.1) is 0 Å². The molecule has 0 heterocycles. The molecule has 22 heavy (non-hydrogen) atoms. The molecule has 0 atom stereocenters. The van der Waals surface area contributed by atoms with Crippen molar-refractivity contribution in [1.29, 1.82) is 0 Å². The van der Waals surface area contributed by atoms with Crippen molar-refractivity contribution in [1.82, 2.24) is 5.32 Å². The topological polar surface area (TPSA) is 50.4 Å². The predicted molar refractivity (Wildman–Crippen MR) is 90.0 cm³/mol. The number of urea groups is 1. The summed E-state index contributed by atoms with van der Waals surface area (Å²) < 4.78 is 5.35. The second kappa shape index (κ2) is 7.88. The molecule has 0 aromatic heterocycles. The lowest BCUT2D eigenvalue weighted by molar-refractivity contribution is 0.255. The van der Waals surface area contributed by atoms with Gasteiger partial charge in [-0.1, -0.05) is 24.3 Å². The van der Waals surface area contributed by atoms with Crippen molar-refractivity contribution in [3.63, 3.8) is 0 Å². The molecule has 2 amide bonds. The summed E-state index contributed by atoms with van der Waals surface area (Å²) >= 11 is 0. The number of ether oxygens (including phenoxy) is 1. The first-order valence-corrected chi connectivity index (χ1v) is 7.21. The third kappa shape index (κ3) is 4.66. The largest absolute Gasteiger partial charge is 0.494 e. The molecule has 0 spiro atoms. The number of aryl methyl sites for hydroxylation is 1. The molecule has 4 nitrogen and oxygen atoms in total. The Labute approximate surface area is 130 Å². The molecule has 0 fully saturated rings. The molecule has 0 aliphatic carbocycles. The molecule has 0 unspecified atom stereocenters. The summed E-state index contributed by atoms with van der Waals surface area (Å²) in [5, 5.41) is 5.44. The van der Waals surface area contributed by atoms with Crippen molar-refractivity contribution in [2.24, 2.45) is 0 Å². The van der Waals surface area contributed by atoms with Crippen LogP contribution in [0.15, 0.2) is 54.7 Å². The Morgan fingerprint density at radius 3 is 2.55 bits per heavy atom. The summed E-state index contributed by atoms with van der Waals surface area (Å²) in [6.45, 7) is 4.58. The van der Waals surface area contributed by atoms with Crippen LogP contribution < -0.4 is 15.4 Å². The smallest absolute Gasteiger partial charge is 0.323 e. The monoisotopic (exact) mass is 296 g/mol. The minimum atomic E-state index is -0.283. The lowest BCUT2D eigenvalue weighted by Gasteiger charge is -2.06. The molecule has 2 rings (SSSR count). The number of carbonyl (C=O) groups is 1. The number of benzene rings is 2. The van der Waals surface area contributed by atoms with Crippen LogP contribution in [0.25, 0.3) is 6.08 Å². The van der Waals surface area contributed by atoms with Gasteiger partial charge < -0.3 is 15.4 Å². The molecular weight excluding hydrogens is 276 g/mol. The van der Waals surface area contributed by atoms with Gasteiger partial charge in [0.05, 0.1) is 6.61 Å². The van der Waals surface area contributed by atoms with E-state index < -0.39 is 0 Å². The molecule has 0 bridgehead atoms. The maximum absolute atomic E-state index is 11.8. The van der Waals surface area contributed by atoms with Crippen LogP contribution >= 0.6 is 0 Å². The zero-order valence-corrected chi connectivity index (χ0v) is 12.8. The van der Waals surface area contributed by atoms with E-state index in [-0.39, 0.29) is 6.03 Å². The molecule has 2 aromatic carbocycles. The molecule has 0 radical (unpaired) electrons. The number of hydrogen-bond acceptors (Lipinski definition) is 2. The number of amides is 2. The molecular formula is C18H20N2O2. The molecule has 4 heteroatoms. The highest BCUT2D eigenvalue weighted by molar-refractivity contribution is 5.90. The first kappa shape index (κ1) is 15.6. The quantitative estimate of drug-likeness (QED) is 0.869. The van der Waals surface area contributed by atoms with Crippen molar-refractivity contribution in [2.45, 2.75) is 13.8 Å². The van der Waals surface area contributed by atoms with Gasteiger partial charge in [-0.25, -0.2) is 4.79 Å². The maximum atomic E-state index is 11.8. The van der Waals surface area contributed by atoms with E-state index in [2.05, 4.69) is 10.6 Å². The minimum absolute atomic E-state index is 0.283. The normalized spacial score (nSPS) is 10.5. The van der Waals surface area contributed by atoms with Crippen molar-refractivity contribution in [3.05, 3.63) is 65.9 Å². The summed E-state index contributed by atoms with van der Waals surface area (Å²) in [5.74, 6) is 0.785. The molecule has 0 saturated heterocycles. The predicted octanol–water partition coefficient (Wildman–Crippen LogP) is 4.19. The third-order valence-corrected chi connectivity index (χ3v) is 3.09. The SMILES string of the molecule is CCOc1ccc(NC(=O)N/C=C/c2ccccc2C)cc1. The van der Waals surface area contributed by atoms with Crippen LogP contribution in [0.2, 0.25) is 0 Å². The summed E-state index contributed by atoms with van der Waals surface area (Å²) in [6, 6.07) is 14.9. The Balaban J connectivity index is 1.86. The highest BCUT2D eigenvalue weighted by atomic mass is 16.5. The second-order valence-corrected chi connectivity index (χ2v) is 4.75. The molecule has 0 aliphatic rings. The molecule has 114 valence electrons.